The highest BCUT2D eigenvalue weighted by molar-refractivity contribution is 7.22. The van der Waals surface area contributed by atoms with E-state index in [-0.39, 0.29) is 5.56 Å². The van der Waals surface area contributed by atoms with Crippen LogP contribution >= 0.6 is 34.5 Å². The first-order valence-corrected chi connectivity index (χ1v) is 10.2. The number of benzene rings is 3. The Hall–Kier alpha value is -3.00. The lowest BCUT2D eigenvalue weighted by atomic mass is 10.2. The first-order valence-electron chi connectivity index (χ1n) is 8.64. The summed E-state index contributed by atoms with van der Waals surface area (Å²) in [6.07, 6.45) is 0. The predicted molar refractivity (Wildman–Crippen MR) is 118 cm³/mol. The molecule has 0 aliphatic heterocycles. The van der Waals surface area contributed by atoms with Gasteiger partial charge in [0.2, 0.25) is 0 Å². The third-order valence-electron chi connectivity index (χ3n) is 4.19. The Morgan fingerprint density at radius 3 is 2.37 bits per heavy atom. The molecule has 0 saturated heterocycles. The zero-order valence-corrected chi connectivity index (χ0v) is 17.4. The van der Waals surface area contributed by atoms with Gasteiger partial charge in [-0.25, -0.2) is 9.37 Å². The third kappa shape index (κ3) is 4.14. The van der Waals surface area contributed by atoms with Crippen molar-refractivity contribution in [2.24, 2.45) is 0 Å². The minimum Gasteiger partial charge on any atom is -0.319 e. The zero-order chi connectivity index (χ0) is 21.3. The molecule has 1 aromatic heterocycles. The molecule has 0 spiro atoms. The van der Waals surface area contributed by atoms with E-state index < -0.39 is 17.6 Å². The maximum atomic E-state index is 13.8. The predicted octanol–water partition coefficient (Wildman–Crippen LogP) is 6.25. The standard InChI is InChI=1S/C21H12Cl2FN3O2S/c22-13-5-3-6-14(23)18(13)26-19(28)11-8-9-16-17(10-11)30-21(25-16)27-20(29)12-4-1-2-7-15(12)24/h1-10H,(H,26,28)(H,25,27,29). The molecule has 3 aromatic carbocycles. The van der Waals surface area contributed by atoms with Crippen LogP contribution in [-0.4, -0.2) is 16.8 Å². The van der Waals surface area contributed by atoms with E-state index in [1.54, 1.807) is 42.5 Å². The summed E-state index contributed by atoms with van der Waals surface area (Å²) in [5, 5.41) is 6.23. The number of hydrogen-bond donors (Lipinski definition) is 2. The normalized spacial score (nSPS) is 10.8. The summed E-state index contributed by atoms with van der Waals surface area (Å²) in [6.45, 7) is 0. The highest BCUT2D eigenvalue weighted by Crippen LogP contribution is 2.31. The second-order valence-corrected chi connectivity index (χ2v) is 8.03. The molecule has 5 nitrogen and oxygen atoms in total. The number of hydrogen-bond acceptors (Lipinski definition) is 4. The molecule has 2 amide bonds. The van der Waals surface area contributed by atoms with Crippen LogP contribution in [0.15, 0.2) is 60.7 Å². The molecular formula is C21H12Cl2FN3O2S. The number of carbonyl (C=O) groups excluding carboxylic acids is 2. The van der Waals surface area contributed by atoms with Gasteiger partial charge in [0, 0.05) is 5.56 Å². The Morgan fingerprint density at radius 1 is 0.900 bits per heavy atom. The Morgan fingerprint density at radius 2 is 1.63 bits per heavy atom. The van der Waals surface area contributed by atoms with Crippen LogP contribution in [0, 0.1) is 5.82 Å². The molecule has 0 bridgehead atoms. The molecule has 4 rings (SSSR count). The number of anilines is 2. The second-order valence-electron chi connectivity index (χ2n) is 6.19. The first-order chi connectivity index (χ1) is 14.4. The molecule has 2 N–H and O–H groups in total. The topological polar surface area (TPSA) is 71.1 Å². The van der Waals surface area contributed by atoms with Gasteiger partial charge >= 0.3 is 0 Å². The number of rotatable bonds is 4. The van der Waals surface area contributed by atoms with Crippen molar-refractivity contribution >= 4 is 67.4 Å². The molecule has 9 heteroatoms. The van der Waals surface area contributed by atoms with Crippen molar-refractivity contribution in [2.75, 3.05) is 10.6 Å². The van der Waals surface area contributed by atoms with Gasteiger partial charge in [0.1, 0.15) is 5.82 Å². The van der Waals surface area contributed by atoms with Gasteiger partial charge in [-0.1, -0.05) is 52.7 Å². The van der Waals surface area contributed by atoms with E-state index in [1.165, 1.54) is 29.5 Å². The highest BCUT2D eigenvalue weighted by atomic mass is 35.5. The smallest absolute Gasteiger partial charge is 0.260 e. The summed E-state index contributed by atoms with van der Waals surface area (Å²) in [4.78, 5) is 29.2. The van der Waals surface area contributed by atoms with Crippen LogP contribution in [0.4, 0.5) is 15.2 Å². The molecular weight excluding hydrogens is 448 g/mol. The third-order valence-corrected chi connectivity index (χ3v) is 5.75. The van der Waals surface area contributed by atoms with Crippen LogP contribution in [0.3, 0.4) is 0 Å². The molecule has 150 valence electrons. The largest absolute Gasteiger partial charge is 0.319 e. The van der Waals surface area contributed by atoms with Crippen molar-refractivity contribution in [3.05, 3.63) is 87.7 Å². The van der Waals surface area contributed by atoms with E-state index in [1.807, 2.05) is 0 Å². The van der Waals surface area contributed by atoms with Gasteiger partial charge in [-0.15, -0.1) is 0 Å². The Kier molecular flexibility index (Phi) is 5.67. The molecule has 30 heavy (non-hydrogen) atoms. The summed E-state index contributed by atoms with van der Waals surface area (Å²) in [5.74, 6) is -1.61. The number of nitrogens with zero attached hydrogens (tertiary/aromatic N) is 1. The number of halogens is 3. The number of aromatic nitrogens is 1. The molecule has 0 aliphatic carbocycles. The molecule has 0 saturated carbocycles. The van der Waals surface area contributed by atoms with Gasteiger partial charge in [0.25, 0.3) is 11.8 Å². The van der Waals surface area contributed by atoms with Crippen molar-refractivity contribution in [3.8, 4) is 0 Å². The lowest BCUT2D eigenvalue weighted by molar-refractivity contribution is 0.101. The van der Waals surface area contributed by atoms with Gasteiger partial charge < -0.3 is 5.32 Å². The molecule has 0 radical (unpaired) electrons. The second kappa shape index (κ2) is 8.39. The lowest BCUT2D eigenvalue weighted by Crippen LogP contribution is -2.13. The van der Waals surface area contributed by atoms with Crippen molar-refractivity contribution in [3.63, 3.8) is 0 Å². The number of fused-ring (bicyclic) bond motifs is 1. The fourth-order valence-corrected chi connectivity index (χ4v) is 4.12. The number of nitrogens with one attached hydrogen (secondary N) is 2. The average molecular weight is 460 g/mol. The van der Waals surface area contributed by atoms with Gasteiger partial charge in [-0.3, -0.25) is 14.9 Å². The van der Waals surface area contributed by atoms with Crippen LogP contribution in [0.1, 0.15) is 20.7 Å². The number of para-hydroxylation sites is 1. The number of thiazole rings is 1. The molecule has 0 atom stereocenters. The lowest BCUT2D eigenvalue weighted by Gasteiger charge is -2.09. The first kappa shape index (κ1) is 20.3. The monoisotopic (exact) mass is 459 g/mol. The summed E-state index contributed by atoms with van der Waals surface area (Å²) in [5.41, 5.74) is 1.21. The van der Waals surface area contributed by atoms with Crippen molar-refractivity contribution < 1.29 is 14.0 Å². The maximum Gasteiger partial charge on any atom is 0.260 e. The van der Waals surface area contributed by atoms with E-state index in [9.17, 15) is 14.0 Å². The van der Waals surface area contributed by atoms with Gasteiger partial charge in [0.15, 0.2) is 5.13 Å². The Labute approximate surface area is 184 Å². The minimum atomic E-state index is -0.617. The highest BCUT2D eigenvalue weighted by Gasteiger charge is 2.16. The Bertz CT molecular complexity index is 1270. The number of amides is 2. The van der Waals surface area contributed by atoms with Crippen LogP contribution in [-0.2, 0) is 0 Å². The van der Waals surface area contributed by atoms with Crippen molar-refractivity contribution in [1.82, 2.24) is 4.98 Å². The number of carbonyl (C=O) groups is 2. The van der Waals surface area contributed by atoms with Crippen LogP contribution in [0.25, 0.3) is 10.2 Å². The molecule has 0 fully saturated rings. The van der Waals surface area contributed by atoms with E-state index in [2.05, 4.69) is 15.6 Å². The van der Waals surface area contributed by atoms with Gasteiger partial charge in [0.05, 0.1) is 31.5 Å². The molecule has 0 aliphatic rings. The van der Waals surface area contributed by atoms with Gasteiger partial charge in [-0.2, -0.15) is 0 Å². The fraction of sp³-hybridized carbons (Fsp3) is 0. The summed E-state index contributed by atoms with van der Waals surface area (Å²) in [6, 6.07) is 15.5. The quantitative estimate of drug-likeness (QED) is 0.378. The van der Waals surface area contributed by atoms with Gasteiger partial charge in [-0.05, 0) is 42.5 Å². The van der Waals surface area contributed by atoms with Crippen molar-refractivity contribution in [2.45, 2.75) is 0 Å². The minimum absolute atomic E-state index is 0.0755. The van der Waals surface area contributed by atoms with E-state index in [0.717, 1.165) is 0 Å². The SMILES string of the molecule is O=C(Nc1c(Cl)cccc1Cl)c1ccc2nc(NC(=O)c3ccccc3F)sc2c1. The van der Waals surface area contributed by atoms with E-state index in [4.69, 9.17) is 23.2 Å². The zero-order valence-electron chi connectivity index (χ0n) is 15.1. The fourth-order valence-electron chi connectivity index (χ4n) is 2.73. The molecule has 4 aromatic rings. The van der Waals surface area contributed by atoms with E-state index >= 15 is 0 Å². The summed E-state index contributed by atoms with van der Waals surface area (Å²) in [7, 11) is 0. The van der Waals surface area contributed by atoms with Crippen molar-refractivity contribution in [1.29, 1.82) is 0 Å². The van der Waals surface area contributed by atoms with Crippen LogP contribution in [0.2, 0.25) is 10.0 Å². The van der Waals surface area contributed by atoms with Crippen LogP contribution in [0.5, 0.6) is 0 Å². The average Bonchev–Trinajstić information content (AvgIpc) is 3.12. The summed E-state index contributed by atoms with van der Waals surface area (Å²) < 4.78 is 14.5. The molecule has 0 unspecified atom stereocenters. The van der Waals surface area contributed by atoms with E-state index in [0.29, 0.717) is 36.6 Å². The Balaban J connectivity index is 1.56. The molecule has 1 heterocycles. The van der Waals surface area contributed by atoms with Crippen LogP contribution < -0.4 is 10.6 Å². The summed E-state index contributed by atoms with van der Waals surface area (Å²) >= 11 is 13.4. The maximum absolute atomic E-state index is 13.8.